The summed E-state index contributed by atoms with van der Waals surface area (Å²) in [6.07, 6.45) is 0. The van der Waals surface area contributed by atoms with Crippen LogP contribution in [0.3, 0.4) is 0 Å². The second-order valence-corrected chi connectivity index (χ2v) is 36.5. The first-order valence-electron chi connectivity index (χ1n) is 45.4. The van der Waals surface area contributed by atoms with E-state index in [0.29, 0.717) is 11.1 Å². The van der Waals surface area contributed by atoms with Crippen molar-refractivity contribution in [3.8, 4) is 100 Å². The summed E-state index contributed by atoms with van der Waals surface area (Å²) in [7, 11) is -1.63. The molecule has 115 heavy (non-hydrogen) atoms. The molecular weight excluding hydrogens is 1400 g/mol. The van der Waals surface area contributed by atoms with Gasteiger partial charge in [0.25, 0.3) is 0 Å². The second kappa shape index (κ2) is 29.0. The number of rotatable bonds is 9. The van der Waals surface area contributed by atoms with E-state index < -0.39 is 20.2 Å². The SMILES string of the molecule is CC1(C)c2ccc(-c3c4ccccc4c(-c4cccc5ccccc45)c4ccccc34)cc2-c2ccc(-c3ccccc3)cc21.[2H]c1c([2H])c([2H])c(-c2cccc3c(-c4c5ccccc5c(-c5ccccc5)c5cc([Si](C)(C)C)ccc45)cccc23)c([2H])c1[2H].[2H]c1c([2H])c([2H])c2c(-c3c4ccccc4c(-c4ccccc4)c4ccccc34)c([2H])c([2H])c([2H])c2c1[2H]. The monoisotopic (exact) mass is 1490 g/mol. The lowest BCUT2D eigenvalue weighted by Gasteiger charge is -2.22. The van der Waals surface area contributed by atoms with Gasteiger partial charge in [0.15, 0.2) is 0 Å². The fourth-order valence-electron chi connectivity index (χ4n) is 18.2. The van der Waals surface area contributed by atoms with E-state index in [1.165, 1.54) is 115 Å². The first kappa shape index (κ1) is 58.1. The summed E-state index contributed by atoms with van der Waals surface area (Å²) >= 11 is 0. The zero-order valence-corrected chi connectivity index (χ0v) is 65.4. The zero-order valence-electron chi connectivity index (χ0n) is 76.4. The van der Waals surface area contributed by atoms with Crippen molar-refractivity contribution < 1.29 is 16.4 Å². The summed E-state index contributed by atoms with van der Waals surface area (Å²) in [5.41, 5.74) is 21.5. The highest BCUT2D eigenvalue weighted by Crippen LogP contribution is 2.54. The van der Waals surface area contributed by atoms with Crippen LogP contribution in [0.25, 0.3) is 197 Å². The van der Waals surface area contributed by atoms with E-state index in [9.17, 15) is 0 Å². The molecule has 0 saturated carbocycles. The third-order valence-electron chi connectivity index (χ3n) is 23.5. The van der Waals surface area contributed by atoms with Gasteiger partial charge in [0.05, 0.1) is 24.5 Å². The summed E-state index contributed by atoms with van der Waals surface area (Å²) in [5.74, 6) is 0. The summed E-state index contributed by atoms with van der Waals surface area (Å²) in [6.45, 7) is 11.9. The molecule has 0 unspecified atom stereocenters. The van der Waals surface area contributed by atoms with Crippen molar-refractivity contribution in [3.63, 3.8) is 0 Å². The molecule has 0 spiro atoms. The molecule has 1 heteroatoms. The Morgan fingerprint density at radius 2 is 0.600 bits per heavy atom. The molecule has 21 aromatic carbocycles. The maximum absolute atomic E-state index is 8.96. The summed E-state index contributed by atoms with van der Waals surface area (Å²) in [5, 5.41) is 19.1. The molecule has 1 aliphatic carbocycles. The number of hydrogen-bond acceptors (Lipinski definition) is 0. The Morgan fingerprint density at radius 1 is 0.200 bits per heavy atom. The number of hydrogen-bond donors (Lipinski definition) is 0. The largest absolute Gasteiger partial charge is 0.0776 e. The Balaban J connectivity index is 0.000000121. The van der Waals surface area contributed by atoms with Crippen LogP contribution in [-0.2, 0) is 5.41 Å². The van der Waals surface area contributed by atoms with Gasteiger partial charge in [-0.25, -0.2) is 0 Å². The molecule has 0 atom stereocenters. The van der Waals surface area contributed by atoms with Crippen molar-refractivity contribution >= 4 is 110 Å². The highest BCUT2D eigenvalue weighted by atomic mass is 28.3. The summed E-state index contributed by atoms with van der Waals surface area (Å²) in [4.78, 5) is 0. The molecule has 0 saturated heterocycles. The Hall–Kier alpha value is -13.8. The van der Waals surface area contributed by atoms with E-state index in [-0.39, 0.29) is 87.7 Å². The predicted molar refractivity (Wildman–Crippen MR) is 501 cm³/mol. The minimum Gasteiger partial charge on any atom is -0.0656 e. The normalized spacial score (nSPS) is 13.7. The van der Waals surface area contributed by atoms with Crippen LogP contribution in [0.1, 0.15) is 41.4 Å². The first-order valence-corrected chi connectivity index (χ1v) is 42.9. The number of fused-ring (bicyclic) bond motifs is 12. The molecule has 1 aliphatic rings. The van der Waals surface area contributed by atoms with Crippen LogP contribution in [0.5, 0.6) is 0 Å². The van der Waals surface area contributed by atoms with Crippen LogP contribution >= 0.6 is 0 Å². The Bertz CT molecular complexity index is 8010. The molecule has 0 aliphatic heterocycles. The van der Waals surface area contributed by atoms with E-state index in [2.05, 4.69) is 276 Å². The third-order valence-corrected chi connectivity index (χ3v) is 25.6. The van der Waals surface area contributed by atoms with Gasteiger partial charge in [0, 0.05) is 5.41 Å². The maximum atomic E-state index is 8.96. The molecule has 0 heterocycles. The van der Waals surface area contributed by atoms with Gasteiger partial charge in [-0.15, -0.1) is 0 Å². The van der Waals surface area contributed by atoms with Crippen LogP contribution in [0, 0.1) is 0 Å². The minimum absolute atomic E-state index is 0.0395. The van der Waals surface area contributed by atoms with Crippen LogP contribution in [-0.4, -0.2) is 8.07 Å². The second-order valence-electron chi connectivity index (χ2n) is 31.5. The first-order chi connectivity index (χ1) is 61.5. The predicted octanol–water partition coefficient (Wildman–Crippen LogP) is 31.6. The molecule has 0 bridgehead atoms. The molecule has 544 valence electrons. The van der Waals surface area contributed by atoms with E-state index in [1.54, 1.807) is 0 Å². The van der Waals surface area contributed by atoms with E-state index in [0.717, 1.165) is 65.3 Å². The Labute approximate surface area is 691 Å². The molecule has 0 amide bonds. The highest BCUT2D eigenvalue weighted by Gasteiger charge is 2.36. The van der Waals surface area contributed by atoms with Gasteiger partial charge in [0.1, 0.15) is 0 Å². The topological polar surface area (TPSA) is 0 Å². The van der Waals surface area contributed by atoms with E-state index in [4.69, 9.17) is 16.4 Å². The van der Waals surface area contributed by atoms with Crippen molar-refractivity contribution in [2.24, 2.45) is 0 Å². The van der Waals surface area contributed by atoms with Gasteiger partial charge in [-0.2, -0.15) is 0 Å². The zero-order chi connectivity index (χ0) is 87.7. The summed E-state index contributed by atoms with van der Waals surface area (Å²) in [6, 6.07) is 118. The molecule has 0 fully saturated rings. The van der Waals surface area contributed by atoms with Gasteiger partial charge in [-0.05, 0) is 220 Å². The van der Waals surface area contributed by atoms with Crippen LogP contribution in [0.2, 0.25) is 19.6 Å². The maximum Gasteiger partial charge on any atom is 0.0776 e. The fourth-order valence-corrected chi connectivity index (χ4v) is 19.3. The standard InChI is InChI=1S/C45H32.C39H32Si.C30H20/c1-45(2)41-26-24-32(27-40(41)34-25-23-31(28-42(34)45)29-13-4-3-5-14-29)43-36-18-8-10-20-38(36)44(39-21-11-9-19-37(39)43)35-22-12-16-30-15-6-7-17-33(30)35;1-40(2,3)29-24-25-36-37(26-29)38(28-16-8-5-9-17-28)34-18-10-11-19-35(34)39(36)33-23-13-21-31-30(20-12-22-32(31)33)27-14-6-4-7-15-27;1-2-12-22(13-3-1)29-25-16-6-8-18-27(25)30(28-19-9-7-17-26(28)29)24-20-10-14-21-11-4-5-15-23(21)24/h3-28H,1-2H3;4-26H,1-3H3;1-20H/i;4D,6D,7D,14D,15D;4D,5D,10D,11D,14D,15D,20D. The number of benzene rings is 21. The van der Waals surface area contributed by atoms with Gasteiger partial charge < -0.3 is 0 Å². The smallest absolute Gasteiger partial charge is 0.0656 e. The van der Waals surface area contributed by atoms with Crippen molar-refractivity contribution in [3.05, 3.63) is 429 Å². The van der Waals surface area contributed by atoms with Gasteiger partial charge in [0.2, 0.25) is 0 Å². The molecule has 22 rings (SSSR count). The van der Waals surface area contributed by atoms with E-state index in [1.807, 2.05) is 103 Å². The average molecular weight is 1490 g/mol. The van der Waals surface area contributed by atoms with Crippen LogP contribution < -0.4 is 5.19 Å². The molecular formula is C114H84Si. The third kappa shape index (κ3) is 12.3. The molecule has 0 N–H and O–H groups in total. The van der Waals surface area contributed by atoms with Crippen LogP contribution in [0.15, 0.2) is 418 Å². The van der Waals surface area contributed by atoms with Gasteiger partial charge in [-0.3, -0.25) is 0 Å². The Kier molecular flexibility index (Phi) is 14.7. The highest BCUT2D eigenvalue weighted by molar-refractivity contribution is 6.88. The van der Waals surface area contributed by atoms with E-state index >= 15 is 0 Å². The fraction of sp³-hybridized carbons (Fsp3) is 0.0526. The van der Waals surface area contributed by atoms with Crippen LogP contribution in [0.4, 0.5) is 0 Å². The lowest BCUT2D eigenvalue weighted by molar-refractivity contribution is 0.660. The van der Waals surface area contributed by atoms with Crippen molar-refractivity contribution in [1.29, 1.82) is 0 Å². The van der Waals surface area contributed by atoms with Crippen molar-refractivity contribution in [1.82, 2.24) is 0 Å². The molecule has 0 aromatic heterocycles. The molecule has 0 radical (unpaired) electrons. The Morgan fingerprint density at radius 3 is 1.16 bits per heavy atom. The molecule has 0 nitrogen and oxygen atoms in total. The van der Waals surface area contributed by atoms with Gasteiger partial charge >= 0.3 is 0 Å². The van der Waals surface area contributed by atoms with Crippen molar-refractivity contribution in [2.45, 2.75) is 38.9 Å². The molecule has 21 aromatic rings. The van der Waals surface area contributed by atoms with Gasteiger partial charge in [-0.1, -0.05) is 445 Å². The van der Waals surface area contributed by atoms with Crippen molar-refractivity contribution in [2.75, 3.05) is 0 Å². The average Bonchev–Trinajstić information content (AvgIpc) is 1.32. The lowest BCUT2D eigenvalue weighted by atomic mass is 9.80. The summed E-state index contributed by atoms with van der Waals surface area (Å²) < 4.78 is 102. The quantitative estimate of drug-likeness (QED) is 0.0998. The minimum atomic E-state index is -1.63. The lowest BCUT2D eigenvalue weighted by Crippen LogP contribution is -2.37.